The van der Waals surface area contributed by atoms with Gasteiger partial charge in [0.25, 0.3) is 5.91 Å². The van der Waals surface area contributed by atoms with Gasteiger partial charge < -0.3 is 14.8 Å². The fourth-order valence-corrected chi connectivity index (χ4v) is 2.66. The number of fused-ring (bicyclic) bond motifs is 1. The number of amides is 1. The summed E-state index contributed by atoms with van der Waals surface area (Å²) in [5, 5.41) is 5.30. The van der Waals surface area contributed by atoms with Crippen molar-refractivity contribution in [3.05, 3.63) is 42.5 Å². The molecule has 4 nitrogen and oxygen atoms in total. The quantitative estimate of drug-likeness (QED) is 0.944. The zero-order valence-electron chi connectivity index (χ0n) is 12.7. The molecule has 2 aromatic carbocycles. The lowest BCUT2D eigenvalue weighted by molar-refractivity contribution is -0.128. The van der Waals surface area contributed by atoms with E-state index in [9.17, 15) is 4.79 Å². The van der Waals surface area contributed by atoms with Crippen molar-refractivity contribution in [2.24, 2.45) is 0 Å². The van der Waals surface area contributed by atoms with Crippen LogP contribution in [-0.4, -0.2) is 31.3 Å². The van der Waals surface area contributed by atoms with E-state index in [1.165, 1.54) is 0 Å². The summed E-state index contributed by atoms with van der Waals surface area (Å²) in [6.07, 6.45) is 1.23. The first-order valence-corrected chi connectivity index (χ1v) is 7.76. The fourth-order valence-electron chi connectivity index (χ4n) is 2.66. The third kappa shape index (κ3) is 3.57. The van der Waals surface area contributed by atoms with Crippen LogP contribution in [0.2, 0.25) is 0 Å². The highest BCUT2D eigenvalue weighted by Crippen LogP contribution is 2.21. The molecule has 4 heteroatoms. The van der Waals surface area contributed by atoms with Crippen molar-refractivity contribution in [1.29, 1.82) is 0 Å². The minimum absolute atomic E-state index is 0.0694. The molecule has 1 aliphatic rings. The van der Waals surface area contributed by atoms with E-state index >= 15 is 0 Å². The number of carbonyl (C=O) groups is 1. The predicted octanol–water partition coefficient (Wildman–Crippen LogP) is 2.90. The van der Waals surface area contributed by atoms with Crippen LogP contribution in [0, 0.1) is 0 Å². The van der Waals surface area contributed by atoms with Gasteiger partial charge in [-0.15, -0.1) is 0 Å². The van der Waals surface area contributed by atoms with Gasteiger partial charge in [-0.25, -0.2) is 0 Å². The average molecular weight is 299 g/mol. The van der Waals surface area contributed by atoms with Crippen LogP contribution in [0.3, 0.4) is 0 Å². The summed E-state index contributed by atoms with van der Waals surface area (Å²) in [4.78, 5) is 12.2. The van der Waals surface area contributed by atoms with Gasteiger partial charge in [0.15, 0.2) is 6.10 Å². The molecule has 116 valence electrons. The summed E-state index contributed by atoms with van der Waals surface area (Å²) in [5.74, 6) is 0.647. The lowest BCUT2D eigenvalue weighted by Gasteiger charge is -2.25. The Kier molecular flexibility index (Phi) is 4.59. The zero-order chi connectivity index (χ0) is 15.4. The van der Waals surface area contributed by atoms with Crippen LogP contribution in [0.25, 0.3) is 10.8 Å². The molecule has 0 spiro atoms. The summed E-state index contributed by atoms with van der Waals surface area (Å²) in [7, 11) is 0. The third-order valence-electron chi connectivity index (χ3n) is 3.97. The predicted molar refractivity (Wildman–Crippen MR) is 86.0 cm³/mol. The number of carbonyl (C=O) groups excluding carboxylic acids is 1. The van der Waals surface area contributed by atoms with E-state index in [-0.39, 0.29) is 11.9 Å². The van der Waals surface area contributed by atoms with Gasteiger partial charge in [0.05, 0.1) is 0 Å². The molecule has 0 saturated carbocycles. The van der Waals surface area contributed by atoms with E-state index in [1.807, 2.05) is 36.4 Å². The number of rotatable bonds is 4. The SMILES string of the molecule is C[C@H](Oc1ccc2ccccc2c1)C(=O)NC1CCOCC1. The largest absolute Gasteiger partial charge is 0.481 e. The Balaban J connectivity index is 1.61. The Bertz CT molecular complexity index is 650. The fraction of sp³-hybridized carbons (Fsp3) is 0.389. The normalized spacial score (nSPS) is 17.1. The molecule has 1 aliphatic heterocycles. The standard InChI is InChI=1S/C18H21NO3/c1-13(18(20)19-16-8-10-21-11-9-16)22-17-7-6-14-4-2-3-5-15(14)12-17/h2-7,12-13,16H,8-11H2,1H3,(H,19,20)/t13-/m0/s1. The van der Waals surface area contributed by atoms with Crippen LogP contribution < -0.4 is 10.1 Å². The van der Waals surface area contributed by atoms with Gasteiger partial charge in [-0.05, 0) is 42.7 Å². The molecule has 1 fully saturated rings. The summed E-state index contributed by atoms with van der Waals surface area (Å²) in [6, 6.07) is 14.2. The number of hydrogen-bond donors (Lipinski definition) is 1. The van der Waals surface area contributed by atoms with Crippen molar-refractivity contribution in [2.75, 3.05) is 13.2 Å². The van der Waals surface area contributed by atoms with Crippen molar-refractivity contribution in [3.63, 3.8) is 0 Å². The first-order valence-electron chi connectivity index (χ1n) is 7.76. The van der Waals surface area contributed by atoms with Crippen LogP contribution >= 0.6 is 0 Å². The highest BCUT2D eigenvalue weighted by atomic mass is 16.5. The molecular weight excluding hydrogens is 278 g/mol. The van der Waals surface area contributed by atoms with Crippen LogP contribution in [0.4, 0.5) is 0 Å². The number of nitrogens with one attached hydrogen (secondary N) is 1. The smallest absolute Gasteiger partial charge is 0.260 e. The summed E-state index contributed by atoms with van der Waals surface area (Å²) < 4.78 is 11.1. The molecule has 1 N–H and O–H groups in total. The van der Waals surface area contributed by atoms with Crippen molar-refractivity contribution < 1.29 is 14.3 Å². The van der Waals surface area contributed by atoms with Crippen molar-refractivity contribution in [3.8, 4) is 5.75 Å². The second-order valence-corrected chi connectivity index (χ2v) is 5.66. The van der Waals surface area contributed by atoms with E-state index in [4.69, 9.17) is 9.47 Å². The maximum absolute atomic E-state index is 12.2. The molecular formula is C18H21NO3. The van der Waals surface area contributed by atoms with Gasteiger partial charge in [0, 0.05) is 19.3 Å². The molecule has 1 saturated heterocycles. The number of benzene rings is 2. The Morgan fingerprint density at radius 1 is 1.18 bits per heavy atom. The minimum atomic E-state index is -0.510. The van der Waals surface area contributed by atoms with Crippen molar-refractivity contribution in [1.82, 2.24) is 5.32 Å². The Morgan fingerprint density at radius 3 is 2.68 bits per heavy atom. The first kappa shape index (κ1) is 14.9. The van der Waals surface area contributed by atoms with Crippen LogP contribution in [0.15, 0.2) is 42.5 Å². The molecule has 2 aromatic rings. The van der Waals surface area contributed by atoms with E-state index in [0.29, 0.717) is 19.0 Å². The molecule has 0 aliphatic carbocycles. The maximum Gasteiger partial charge on any atom is 0.260 e. The van der Waals surface area contributed by atoms with Crippen LogP contribution in [0.1, 0.15) is 19.8 Å². The minimum Gasteiger partial charge on any atom is -0.481 e. The molecule has 0 aromatic heterocycles. The second kappa shape index (κ2) is 6.79. The highest BCUT2D eigenvalue weighted by molar-refractivity contribution is 5.84. The first-order chi connectivity index (χ1) is 10.7. The van der Waals surface area contributed by atoms with Crippen molar-refractivity contribution >= 4 is 16.7 Å². The molecule has 1 heterocycles. The molecule has 0 radical (unpaired) electrons. The monoisotopic (exact) mass is 299 g/mol. The van der Waals surface area contributed by atoms with Crippen molar-refractivity contribution in [2.45, 2.75) is 31.9 Å². The van der Waals surface area contributed by atoms with Crippen LogP contribution in [-0.2, 0) is 9.53 Å². The number of hydrogen-bond acceptors (Lipinski definition) is 3. The zero-order valence-corrected chi connectivity index (χ0v) is 12.7. The highest BCUT2D eigenvalue weighted by Gasteiger charge is 2.20. The number of ether oxygens (including phenoxy) is 2. The van der Waals surface area contributed by atoms with E-state index in [0.717, 1.165) is 23.6 Å². The van der Waals surface area contributed by atoms with Gasteiger partial charge in [0.1, 0.15) is 5.75 Å². The Hall–Kier alpha value is -2.07. The van der Waals surface area contributed by atoms with Gasteiger partial charge in [-0.1, -0.05) is 30.3 Å². The molecule has 1 amide bonds. The van der Waals surface area contributed by atoms with Crippen LogP contribution in [0.5, 0.6) is 5.75 Å². The summed E-state index contributed by atoms with van der Waals surface area (Å²) in [6.45, 7) is 3.21. The molecule has 1 atom stereocenters. The molecule has 3 rings (SSSR count). The summed E-state index contributed by atoms with van der Waals surface area (Å²) >= 11 is 0. The molecule has 22 heavy (non-hydrogen) atoms. The average Bonchev–Trinajstić information content (AvgIpc) is 2.55. The summed E-state index contributed by atoms with van der Waals surface area (Å²) in [5.41, 5.74) is 0. The van der Waals surface area contributed by atoms with Gasteiger partial charge in [-0.2, -0.15) is 0 Å². The molecule has 0 bridgehead atoms. The van der Waals surface area contributed by atoms with Gasteiger partial charge in [0.2, 0.25) is 0 Å². The lowest BCUT2D eigenvalue weighted by Crippen LogP contribution is -2.44. The van der Waals surface area contributed by atoms with Gasteiger partial charge >= 0.3 is 0 Å². The topological polar surface area (TPSA) is 47.6 Å². The molecule has 0 unspecified atom stereocenters. The van der Waals surface area contributed by atoms with E-state index in [1.54, 1.807) is 6.92 Å². The maximum atomic E-state index is 12.2. The second-order valence-electron chi connectivity index (χ2n) is 5.66. The van der Waals surface area contributed by atoms with E-state index < -0.39 is 6.10 Å². The Morgan fingerprint density at radius 2 is 1.91 bits per heavy atom. The van der Waals surface area contributed by atoms with Gasteiger partial charge in [-0.3, -0.25) is 4.79 Å². The Labute approximate surface area is 130 Å². The lowest BCUT2D eigenvalue weighted by atomic mass is 10.1. The third-order valence-corrected chi connectivity index (χ3v) is 3.97. The van der Waals surface area contributed by atoms with E-state index in [2.05, 4.69) is 11.4 Å².